The average Bonchev–Trinajstić information content (AvgIpc) is 3.30. The summed E-state index contributed by atoms with van der Waals surface area (Å²) in [6.07, 6.45) is 4.41. The van der Waals surface area contributed by atoms with Gasteiger partial charge in [0, 0.05) is 25.3 Å². The second-order valence-electron chi connectivity index (χ2n) is 8.29. The molecule has 2 aromatic carbocycles. The van der Waals surface area contributed by atoms with Crippen molar-refractivity contribution in [2.75, 3.05) is 19.3 Å². The van der Waals surface area contributed by atoms with Crippen LogP contribution in [0.3, 0.4) is 0 Å². The summed E-state index contributed by atoms with van der Waals surface area (Å²) < 4.78 is 43.9. The van der Waals surface area contributed by atoms with Gasteiger partial charge in [-0.25, -0.2) is 17.8 Å². The van der Waals surface area contributed by atoms with Crippen LogP contribution >= 0.6 is 0 Å². The van der Waals surface area contributed by atoms with E-state index in [0.717, 1.165) is 42.8 Å². The van der Waals surface area contributed by atoms with Crippen molar-refractivity contribution >= 4 is 9.84 Å². The maximum Gasteiger partial charge on any atom is 0.229 e. The number of nitrogens with zero attached hydrogens (tertiary/aromatic N) is 2. The van der Waals surface area contributed by atoms with Gasteiger partial charge in [0.1, 0.15) is 11.6 Å². The normalized spacial score (nSPS) is 17.4. The Bertz CT molecular complexity index is 1190. The number of hydrogen-bond donors (Lipinski definition) is 0. The van der Waals surface area contributed by atoms with Gasteiger partial charge in [0.25, 0.3) is 0 Å². The molecule has 0 aliphatic carbocycles. The van der Waals surface area contributed by atoms with Crippen molar-refractivity contribution < 1.29 is 17.2 Å². The Kier molecular flexibility index (Phi) is 5.99. The minimum absolute atomic E-state index is 0.236. The third kappa shape index (κ3) is 4.72. The highest BCUT2D eigenvalue weighted by Crippen LogP contribution is 2.30. The zero-order valence-corrected chi connectivity index (χ0v) is 18.9. The predicted octanol–water partition coefficient (Wildman–Crippen LogP) is 4.89. The van der Waals surface area contributed by atoms with Crippen molar-refractivity contribution in [2.24, 2.45) is 0 Å². The van der Waals surface area contributed by atoms with E-state index in [4.69, 9.17) is 4.42 Å². The first-order chi connectivity index (χ1) is 14.7. The number of sulfone groups is 1. The van der Waals surface area contributed by atoms with Crippen molar-refractivity contribution in [1.29, 1.82) is 0 Å². The molecule has 4 rings (SSSR count). The Morgan fingerprint density at radius 1 is 1.16 bits per heavy atom. The molecule has 1 atom stereocenters. The molecule has 0 unspecified atom stereocenters. The van der Waals surface area contributed by atoms with Crippen LogP contribution in [0.25, 0.3) is 22.6 Å². The van der Waals surface area contributed by atoms with Crippen molar-refractivity contribution in [3.05, 3.63) is 59.7 Å². The van der Waals surface area contributed by atoms with Crippen LogP contribution in [-0.2, 0) is 16.3 Å². The molecule has 0 radical (unpaired) electrons. The number of aryl methyl sites for hydroxylation is 1. The lowest BCUT2D eigenvalue weighted by Gasteiger charge is -2.20. The van der Waals surface area contributed by atoms with E-state index in [0.29, 0.717) is 23.1 Å². The van der Waals surface area contributed by atoms with Crippen molar-refractivity contribution in [1.82, 2.24) is 9.88 Å². The Hall–Kier alpha value is -2.51. The summed E-state index contributed by atoms with van der Waals surface area (Å²) in [6, 6.07) is 11.9. The summed E-state index contributed by atoms with van der Waals surface area (Å²) in [5, 5.41) is 0. The molecule has 0 spiro atoms. The molecule has 1 aromatic heterocycles. The fourth-order valence-corrected chi connectivity index (χ4v) is 4.74. The Morgan fingerprint density at radius 2 is 1.87 bits per heavy atom. The number of hydrogen-bond acceptors (Lipinski definition) is 5. The van der Waals surface area contributed by atoms with Crippen LogP contribution in [0, 0.1) is 12.7 Å². The number of likely N-dealkylation sites (tertiary alicyclic amines) is 1. The molecule has 2 heterocycles. The maximum atomic E-state index is 14.9. The lowest BCUT2D eigenvalue weighted by Crippen LogP contribution is -2.29. The van der Waals surface area contributed by atoms with Crippen LogP contribution in [0.5, 0.6) is 0 Å². The Balaban J connectivity index is 1.53. The monoisotopic (exact) mass is 442 g/mol. The molecule has 1 saturated heterocycles. The summed E-state index contributed by atoms with van der Waals surface area (Å²) in [7, 11) is -3.27. The number of benzene rings is 2. The van der Waals surface area contributed by atoms with Gasteiger partial charge in [-0.1, -0.05) is 18.2 Å². The van der Waals surface area contributed by atoms with E-state index < -0.39 is 15.7 Å². The van der Waals surface area contributed by atoms with Gasteiger partial charge < -0.3 is 9.32 Å². The molecule has 0 bridgehead atoms. The van der Waals surface area contributed by atoms with Crippen LogP contribution in [-0.4, -0.2) is 43.7 Å². The van der Waals surface area contributed by atoms with Gasteiger partial charge in [0.2, 0.25) is 5.89 Å². The van der Waals surface area contributed by atoms with Crippen LogP contribution in [0.1, 0.15) is 31.2 Å². The van der Waals surface area contributed by atoms with Crippen LogP contribution < -0.4 is 0 Å². The number of aromatic nitrogens is 1. The number of halogens is 1. The quantitative estimate of drug-likeness (QED) is 0.544. The molecule has 0 saturated carbocycles. The zero-order valence-electron chi connectivity index (χ0n) is 18.1. The Morgan fingerprint density at radius 3 is 2.48 bits per heavy atom. The molecule has 3 aromatic rings. The maximum absolute atomic E-state index is 14.9. The van der Waals surface area contributed by atoms with Crippen LogP contribution in [0.4, 0.5) is 4.39 Å². The molecule has 31 heavy (non-hydrogen) atoms. The molecule has 1 aliphatic rings. The number of oxazole rings is 1. The molecule has 1 fully saturated rings. The van der Waals surface area contributed by atoms with Gasteiger partial charge in [0.15, 0.2) is 9.84 Å². The molecule has 7 heteroatoms. The highest BCUT2D eigenvalue weighted by Gasteiger charge is 2.21. The van der Waals surface area contributed by atoms with E-state index in [1.165, 1.54) is 31.0 Å². The lowest BCUT2D eigenvalue weighted by atomic mass is 10.0. The summed E-state index contributed by atoms with van der Waals surface area (Å²) in [5.41, 5.74) is 2.59. The van der Waals surface area contributed by atoms with Gasteiger partial charge in [-0.15, -0.1) is 0 Å². The van der Waals surface area contributed by atoms with E-state index >= 15 is 0 Å². The second kappa shape index (κ2) is 8.55. The third-order valence-electron chi connectivity index (χ3n) is 6.03. The van der Waals surface area contributed by atoms with Crippen molar-refractivity contribution in [3.63, 3.8) is 0 Å². The van der Waals surface area contributed by atoms with E-state index in [1.54, 1.807) is 24.3 Å². The van der Waals surface area contributed by atoms with E-state index in [-0.39, 0.29) is 4.90 Å². The van der Waals surface area contributed by atoms with Crippen LogP contribution in [0.2, 0.25) is 0 Å². The summed E-state index contributed by atoms with van der Waals surface area (Å²) >= 11 is 0. The highest BCUT2D eigenvalue weighted by molar-refractivity contribution is 7.90. The van der Waals surface area contributed by atoms with Crippen molar-refractivity contribution in [2.45, 2.75) is 44.0 Å². The first kappa shape index (κ1) is 21.7. The van der Waals surface area contributed by atoms with Gasteiger partial charge >= 0.3 is 0 Å². The largest absolute Gasteiger partial charge is 0.441 e. The fourth-order valence-electron chi connectivity index (χ4n) is 4.11. The molecule has 164 valence electrons. The SMILES string of the molecule is Cc1oc(-c2ccc(-c3ccc(S(C)(=O)=O)cc3)cc2F)nc1CCN1CCC[C@H]1C. The highest BCUT2D eigenvalue weighted by atomic mass is 32.2. The average molecular weight is 443 g/mol. The molecule has 5 nitrogen and oxygen atoms in total. The first-order valence-electron chi connectivity index (χ1n) is 10.5. The van der Waals surface area contributed by atoms with E-state index in [1.807, 2.05) is 6.92 Å². The second-order valence-corrected chi connectivity index (χ2v) is 10.3. The van der Waals surface area contributed by atoms with Gasteiger partial charge in [-0.2, -0.15) is 0 Å². The lowest BCUT2D eigenvalue weighted by molar-refractivity contribution is 0.271. The molecule has 0 N–H and O–H groups in total. The van der Waals surface area contributed by atoms with E-state index in [2.05, 4.69) is 16.8 Å². The number of rotatable bonds is 6. The predicted molar refractivity (Wildman–Crippen MR) is 119 cm³/mol. The standard InChI is InChI=1S/C24H27FN2O3S/c1-16-5-4-13-27(16)14-12-23-17(2)30-24(26-23)21-11-8-19(15-22(21)25)18-6-9-20(10-7-18)31(3,28)29/h6-11,15-16H,4-5,12-14H2,1-3H3/t16-/m1/s1. The van der Waals surface area contributed by atoms with Gasteiger partial charge in [0.05, 0.1) is 16.2 Å². The minimum atomic E-state index is -3.27. The smallest absolute Gasteiger partial charge is 0.229 e. The van der Waals surface area contributed by atoms with Gasteiger partial charge in [-0.05, 0) is 68.6 Å². The topological polar surface area (TPSA) is 63.4 Å². The third-order valence-corrected chi connectivity index (χ3v) is 7.16. The van der Waals surface area contributed by atoms with E-state index in [9.17, 15) is 12.8 Å². The van der Waals surface area contributed by atoms with Crippen LogP contribution in [0.15, 0.2) is 51.8 Å². The summed E-state index contributed by atoms with van der Waals surface area (Å²) in [5.74, 6) is 0.589. The summed E-state index contributed by atoms with van der Waals surface area (Å²) in [4.78, 5) is 7.26. The Labute approximate surface area is 182 Å². The molecule has 1 aliphatic heterocycles. The van der Waals surface area contributed by atoms with Gasteiger partial charge in [-0.3, -0.25) is 0 Å². The fraction of sp³-hybridized carbons (Fsp3) is 0.375. The molecular weight excluding hydrogens is 415 g/mol. The van der Waals surface area contributed by atoms with Crippen molar-refractivity contribution in [3.8, 4) is 22.6 Å². The molecular formula is C24H27FN2O3S. The summed E-state index contributed by atoms with van der Waals surface area (Å²) in [6.45, 7) is 6.17. The zero-order chi connectivity index (χ0) is 22.2. The minimum Gasteiger partial charge on any atom is -0.441 e. The molecule has 0 amide bonds. The first-order valence-corrected chi connectivity index (χ1v) is 12.4.